The Morgan fingerprint density at radius 3 is 2.74 bits per heavy atom. The first-order chi connectivity index (χ1) is 10.7. The first kappa shape index (κ1) is 15.9. The summed E-state index contributed by atoms with van der Waals surface area (Å²) in [6.45, 7) is 7.89. The lowest BCUT2D eigenvalue weighted by Gasteiger charge is -2.47. The number of carboxylic acid groups (broad SMARTS) is 1. The van der Waals surface area contributed by atoms with Crippen LogP contribution in [-0.4, -0.2) is 21.8 Å². The Bertz CT molecular complexity index is 687. The number of aromatic hydroxyl groups is 1. The highest BCUT2D eigenvalue weighted by Crippen LogP contribution is 2.54. The van der Waals surface area contributed by atoms with Crippen LogP contribution in [0, 0.1) is 5.92 Å². The van der Waals surface area contributed by atoms with Gasteiger partial charge in [0.25, 0.3) is 0 Å². The van der Waals surface area contributed by atoms with Crippen molar-refractivity contribution < 1.29 is 19.7 Å². The molecule has 0 fully saturated rings. The highest BCUT2D eigenvalue weighted by molar-refractivity contribution is 5.76. The summed E-state index contributed by atoms with van der Waals surface area (Å²) in [5, 5.41) is 19.8. The lowest BCUT2D eigenvalue weighted by molar-refractivity contribution is -0.138. The van der Waals surface area contributed by atoms with Crippen LogP contribution in [0.5, 0.6) is 11.5 Å². The minimum absolute atomic E-state index is 0.158. The van der Waals surface area contributed by atoms with E-state index in [-0.39, 0.29) is 17.3 Å². The van der Waals surface area contributed by atoms with Crippen molar-refractivity contribution >= 4 is 5.97 Å². The number of phenolic OH excluding ortho intramolecular Hbond substituents is 1. The van der Waals surface area contributed by atoms with E-state index in [1.807, 2.05) is 0 Å². The zero-order valence-electron chi connectivity index (χ0n) is 14.1. The van der Waals surface area contributed by atoms with Gasteiger partial charge in [-0.3, -0.25) is 4.79 Å². The summed E-state index contributed by atoms with van der Waals surface area (Å²) in [5.74, 6) is -0.266. The van der Waals surface area contributed by atoms with Crippen LogP contribution in [0.25, 0.3) is 0 Å². The summed E-state index contributed by atoms with van der Waals surface area (Å²) < 4.78 is 6.19. The SMILES string of the molecule is CC1=CCC2[C@@H](C1)c1c(O)cc(C(C)C(=O)O)cc1OC2(C)C. The molecule has 1 aliphatic heterocycles. The van der Waals surface area contributed by atoms with E-state index in [4.69, 9.17) is 4.74 Å². The summed E-state index contributed by atoms with van der Waals surface area (Å²) in [7, 11) is 0. The number of aliphatic carboxylic acids is 1. The highest BCUT2D eigenvalue weighted by atomic mass is 16.5. The van der Waals surface area contributed by atoms with E-state index in [9.17, 15) is 15.0 Å². The maximum absolute atomic E-state index is 11.2. The Morgan fingerprint density at radius 1 is 1.39 bits per heavy atom. The molecular formula is C19H24O4. The van der Waals surface area contributed by atoms with Gasteiger partial charge in [-0.1, -0.05) is 11.6 Å². The standard InChI is InChI=1S/C19H24O4/c1-10-5-6-14-13(7-10)17-15(20)8-12(11(2)18(21)22)9-16(17)23-19(14,3)4/h5,8-9,11,13-14,20H,6-7H2,1-4H3,(H,21,22)/t11?,13-,14?/m1/s1. The molecule has 0 bridgehead atoms. The number of allylic oxidation sites excluding steroid dienone is 2. The Morgan fingerprint density at radius 2 is 2.09 bits per heavy atom. The van der Waals surface area contributed by atoms with Gasteiger partial charge in [-0.05, 0) is 58.2 Å². The van der Waals surface area contributed by atoms with E-state index in [1.54, 1.807) is 19.1 Å². The highest BCUT2D eigenvalue weighted by Gasteiger charge is 2.45. The lowest BCUT2D eigenvalue weighted by atomic mass is 9.67. The molecule has 0 saturated heterocycles. The second kappa shape index (κ2) is 5.29. The summed E-state index contributed by atoms with van der Waals surface area (Å²) in [5.41, 5.74) is 2.40. The maximum Gasteiger partial charge on any atom is 0.310 e. The van der Waals surface area contributed by atoms with Gasteiger partial charge in [-0.15, -0.1) is 0 Å². The van der Waals surface area contributed by atoms with Gasteiger partial charge in [0.15, 0.2) is 0 Å². The summed E-state index contributed by atoms with van der Waals surface area (Å²) in [6, 6.07) is 3.38. The number of benzene rings is 1. The van der Waals surface area contributed by atoms with Crippen LogP contribution in [-0.2, 0) is 4.79 Å². The monoisotopic (exact) mass is 316 g/mol. The number of hydrogen-bond donors (Lipinski definition) is 2. The molecule has 0 saturated carbocycles. The Hall–Kier alpha value is -1.97. The van der Waals surface area contributed by atoms with Crippen LogP contribution in [0.15, 0.2) is 23.8 Å². The van der Waals surface area contributed by atoms with Crippen molar-refractivity contribution in [2.75, 3.05) is 0 Å². The van der Waals surface area contributed by atoms with E-state index in [1.165, 1.54) is 5.57 Å². The van der Waals surface area contributed by atoms with E-state index in [2.05, 4.69) is 26.8 Å². The molecule has 4 heteroatoms. The largest absolute Gasteiger partial charge is 0.508 e. The molecule has 1 aliphatic carbocycles. The van der Waals surface area contributed by atoms with Gasteiger partial charge >= 0.3 is 5.97 Å². The first-order valence-corrected chi connectivity index (χ1v) is 8.15. The van der Waals surface area contributed by atoms with Crippen LogP contribution in [0.4, 0.5) is 0 Å². The van der Waals surface area contributed by atoms with E-state index < -0.39 is 11.9 Å². The summed E-state index contributed by atoms with van der Waals surface area (Å²) >= 11 is 0. The Labute approximate surface area is 136 Å². The Kier molecular flexibility index (Phi) is 3.66. The van der Waals surface area contributed by atoms with Crippen molar-refractivity contribution in [2.24, 2.45) is 5.92 Å². The molecule has 23 heavy (non-hydrogen) atoms. The smallest absolute Gasteiger partial charge is 0.310 e. The van der Waals surface area contributed by atoms with Gasteiger partial charge < -0.3 is 14.9 Å². The molecule has 2 aliphatic rings. The Balaban J connectivity index is 2.12. The average molecular weight is 316 g/mol. The fraction of sp³-hybridized carbons (Fsp3) is 0.526. The van der Waals surface area contributed by atoms with Crippen LogP contribution in [0.3, 0.4) is 0 Å². The lowest BCUT2D eigenvalue weighted by Crippen LogP contribution is -2.45. The van der Waals surface area contributed by atoms with Crippen LogP contribution >= 0.6 is 0 Å². The van der Waals surface area contributed by atoms with E-state index in [0.29, 0.717) is 17.2 Å². The molecule has 2 unspecified atom stereocenters. The van der Waals surface area contributed by atoms with Crippen molar-refractivity contribution in [1.29, 1.82) is 0 Å². The fourth-order valence-corrected chi connectivity index (χ4v) is 3.98. The van der Waals surface area contributed by atoms with Gasteiger partial charge in [0.05, 0.1) is 5.92 Å². The molecule has 0 amide bonds. The minimum Gasteiger partial charge on any atom is -0.508 e. The van der Waals surface area contributed by atoms with Crippen LogP contribution in [0.1, 0.15) is 63.5 Å². The molecule has 1 heterocycles. The molecular weight excluding hydrogens is 292 g/mol. The number of rotatable bonds is 2. The second-order valence-electron chi connectivity index (χ2n) is 7.42. The number of ether oxygens (including phenoxy) is 1. The van der Waals surface area contributed by atoms with Crippen LogP contribution in [0.2, 0.25) is 0 Å². The van der Waals surface area contributed by atoms with Gasteiger partial charge in [0, 0.05) is 17.4 Å². The average Bonchev–Trinajstić information content (AvgIpc) is 2.44. The number of carbonyl (C=O) groups is 1. The molecule has 1 aromatic rings. The normalized spacial score (nSPS) is 26.3. The van der Waals surface area contributed by atoms with Crippen LogP contribution < -0.4 is 4.74 Å². The first-order valence-electron chi connectivity index (χ1n) is 8.15. The number of phenols is 1. The van der Waals surface area contributed by atoms with Gasteiger partial charge in [-0.2, -0.15) is 0 Å². The molecule has 0 radical (unpaired) electrons. The molecule has 0 aromatic heterocycles. The molecule has 3 rings (SSSR count). The second-order valence-corrected chi connectivity index (χ2v) is 7.42. The summed E-state index contributed by atoms with van der Waals surface area (Å²) in [4.78, 5) is 11.2. The quantitative estimate of drug-likeness (QED) is 0.803. The summed E-state index contributed by atoms with van der Waals surface area (Å²) in [6.07, 6.45) is 4.11. The van der Waals surface area contributed by atoms with Crippen molar-refractivity contribution in [2.45, 2.75) is 58.0 Å². The van der Waals surface area contributed by atoms with E-state index in [0.717, 1.165) is 18.4 Å². The third kappa shape index (κ3) is 2.60. The van der Waals surface area contributed by atoms with Crippen molar-refractivity contribution in [1.82, 2.24) is 0 Å². The van der Waals surface area contributed by atoms with Crippen molar-refractivity contribution in [3.05, 3.63) is 34.9 Å². The maximum atomic E-state index is 11.2. The van der Waals surface area contributed by atoms with Crippen molar-refractivity contribution in [3.8, 4) is 11.5 Å². The molecule has 1 aromatic carbocycles. The van der Waals surface area contributed by atoms with Gasteiger partial charge in [-0.25, -0.2) is 0 Å². The zero-order chi connectivity index (χ0) is 16.9. The predicted molar refractivity (Wildman–Crippen MR) is 88.1 cm³/mol. The minimum atomic E-state index is -0.909. The number of hydrogen-bond acceptors (Lipinski definition) is 3. The van der Waals surface area contributed by atoms with E-state index >= 15 is 0 Å². The van der Waals surface area contributed by atoms with Crippen molar-refractivity contribution in [3.63, 3.8) is 0 Å². The molecule has 124 valence electrons. The molecule has 4 nitrogen and oxygen atoms in total. The molecule has 0 spiro atoms. The topological polar surface area (TPSA) is 66.8 Å². The predicted octanol–water partition coefficient (Wildman–Crippen LogP) is 4.19. The third-order valence-electron chi connectivity index (χ3n) is 5.40. The number of carboxylic acids is 1. The third-order valence-corrected chi connectivity index (χ3v) is 5.40. The fourth-order valence-electron chi connectivity index (χ4n) is 3.98. The van der Waals surface area contributed by atoms with Gasteiger partial charge in [0.1, 0.15) is 17.1 Å². The zero-order valence-corrected chi connectivity index (χ0v) is 14.1. The molecule has 2 N–H and O–H groups in total. The number of fused-ring (bicyclic) bond motifs is 3. The van der Waals surface area contributed by atoms with Gasteiger partial charge in [0.2, 0.25) is 0 Å². The molecule has 3 atom stereocenters.